The van der Waals surface area contributed by atoms with Crippen molar-refractivity contribution in [3.8, 4) is 0 Å². The van der Waals surface area contributed by atoms with Gasteiger partial charge in [0.1, 0.15) is 12.4 Å². The fourth-order valence-electron chi connectivity index (χ4n) is 1.79. The average molecular weight is 262 g/mol. The molecule has 102 valence electrons. The minimum atomic E-state index is -0.0879. The monoisotopic (exact) mass is 262 g/mol. The van der Waals surface area contributed by atoms with Gasteiger partial charge >= 0.3 is 0 Å². The van der Waals surface area contributed by atoms with Crippen LogP contribution in [-0.2, 0) is 17.9 Å². The molecule has 2 aromatic heterocycles. The van der Waals surface area contributed by atoms with E-state index in [2.05, 4.69) is 15.5 Å². The lowest BCUT2D eigenvalue weighted by atomic mass is 10.4. The first-order valence-corrected chi connectivity index (χ1v) is 6.10. The Bertz CT molecular complexity index is 571. The van der Waals surface area contributed by atoms with Crippen molar-refractivity contribution in [1.82, 2.24) is 24.9 Å². The molecule has 0 spiro atoms. The molecule has 0 bridgehead atoms. The topological polar surface area (TPSA) is 90.8 Å². The first-order valence-electron chi connectivity index (χ1n) is 6.10. The maximum Gasteiger partial charge on any atom is 0.241 e. The van der Waals surface area contributed by atoms with Crippen LogP contribution in [0, 0.1) is 13.8 Å². The Morgan fingerprint density at radius 1 is 1.47 bits per heavy atom. The standard InChI is InChI=1S/C12H18N6O/c1-9-6-15-17(7-9)4-3-14-12(19)8-18-10(2)5-11(13)16-18/h5-7H,3-4,8H2,1-2H3,(H2,13,16)(H,14,19). The van der Waals surface area contributed by atoms with Gasteiger partial charge in [0.25, 0.3) is 0 Å². The largest absolute Gasteiger partial charge is 0.382 e. The summed E-state index contributed by atoms with van der Waals surface area (Å²) in [5.74, 6) is 0.340. The second-order valence-electron chi connectivity index (χ2n) is 4.50. The van der Waals surface area contributed by atoms with Gasteiger partial charge in [-0.15, -0.1) is 0 Å². The lowest BCUT2D eigenvalue weighted by Crippen LogP contribution is -2.31. The molecule has 0 aliphatic carbocycles. The summed E-state index contributed by atoms with van der Waals surface area (Å²) >= 11 is 0. The van der Waals surface area contributed by atoms with Crippen molar-refractivity contribution >= 4 is 11.7 Å². The SMILES string of the molecule is Cc1cnn(CCNC(=O)Cn2nc(N)cc2C)c1. The Morgan fingerprint density at radius 2 is 2.26 bits per heavy atom. The van der Waals surface area contributed by atoms with E-state index in [1.807, 2.05) is 20.0 Å². The summed E-state index contributed by atoms with van der Waals surface area (Å²) in [6.07, 6.45) is 3.72. The lowest BCUT2D eigenvalue weighted by Gasteiger charge is -2.06. The van der Waals surface area contributed by atoms with E-state index in [4.69, 9.17) is 5.73 Å². The number of anilines is 1. The molecule has 0 unspecified atom stereocenters. The Labute approximate surface area is 111 Å². The first kappa shape index (κ1) is 13.1. The number of hydrogen-bond acceptors (Lipinski definition) is 4. The summed E-state index contributed by atoms with van der Waals surface area (Å²) < 4.78 is 3.38. The molecule has 0 atom stereocenters. The third-order valence-electron chi connectivity index (χ3n) is 2.72. The van der Waals surface area contributed by atoms with E-state index < -0.39 is 0 Å². The van der Waals surface area contributed by atoms with Gasteiger partial charge in [0, 0.05) is 24.5 Å². The summed E-state index contributed by atoms with van der Waals surface area (Å²) in [6, 6.07) is 1.74. The number of hydrogen-bond donors (Lipinski definition) is 2. The zero-order valence-corrected chi connectivity index (χ0v) is 11.1. The van der Waals surface area contributed by atoms with E-state index in [0.717, 1.165) is 11.3 Å². The predicted molar refractivity (Wildman–Crippen MR) is 71.4 cm³/mol. The van der Waals surface area contributed by atoms with E-state index in [1.54, 1.807) is 21.6 Å². The Morgan fingerprint density at radius 3 is 2.84 bits per heavy atom. The molecule has 7 heteroatoms. The van der Waals surface area contributed by atoms with Crippen molar-refractivity contribution in [2.45, 2.75) is 26.9 Å². The van der Waals surface area contributed by atoms with Gasteiger partial charge < -0.3 is 11.1 Å². The molecule has 0 saturated heterocycles. The average Bonchev–Trinajstić information content (AvgIpc) is 2.86. The summed E-state index contributed by atoms with van der Waals surface area (Å²) in [5.41, 5.74) is 7.53. The maximum absolute atomic E-state index is 11.7. The van der Waals surface area contributed by atoms with Crippen LogP contribution in [0.3, 0.4) is 0 Å². The molecule has 1 amide bonds. The molecule has 3 N–H and O–H groups in total. The molecular weight excluding hydrogens is 244 g/mol. The Balaban J connectivity index is 1.77. The second kappa shape index (κ2) is 5.55. The van der Waals surface area contributed by atoms with Crippen LogP contribution >= 0.6 is 0 Å². The molecule has 0 aliphatic rings. The zero-order valence-electron chi connectivity index (χ0n) is 11.1. The number of nitrogens with zero attached hydrogens (tertiary/aromatic N) is 4. The molecule has 0 aliphatic heterocycles. The van der Waals surface area contributed by atoms with E-state index in [0.29, 0.717) is 18.9 Å². The summed E-state index contributed by atoms with van der Waals surface area (Å²) in [4.78, 5) is 11.7. The van der Waals surface area contributed by atoms with E-state index >= 15 is 0 Å². The summed E-state index contributed by atoms with van der Waals surface area (Å²) in [5, 5.41) is 11.0. The molecule has 2 rings (SSSR count). The van der Waals surface area contributed by atoms with Gasteiger partial charge in [-0.05, 0) is 19.4 Å². The van der Waals surface area contributed by atoms with Crippen molar-refractivity contribution < 1.29 is 4.79 Å². The molecule has 0 fully saturated rings. The summed E-state index contributed by atoms with van der Waals surface area (Å²) in [6.45, 7) is 5.22. The highest BCUT2D eigenvalue weighted by Gasteiger charge is 2.06. The van der Waals surface area contributed by atoms with Crippen LogP contribution in [0.25, 0.3) is 0 Å². The smallest absolute Gasteiger partial charge is 0.241 e. The summed E-state index contributed by atoms with van der Waals surface area (Å²) in [7, 11) is 0. The number of aromatic nitrogens is 4. The number of carbonyl (C=O) groups excluding carboxylic acids is 1. The van der Waals surface area contributed by atoms with Crippen molar-refractivity contribution in [1.29, 1.82) is 0 Å². The Hall–Kier alpha value is -2.31. The molecular formula is C12H18N6O. The fourth-order valence-corrected chi connectivity index (χ4v) is 1.79. The van der Waals surface area contributed by atoms with Crippen LogP contribution in [0.5, 0.6) is 0 Å². The molecule has 0 aromatic carbocycles. The number of amides is 1. The number of nitrogens with two attached hydrogens (primary N) is 1. The van der Waals surface area contributed by atoms with Gasteiger partial charge in [-0.3, -0.25) is 14.2 Å². The van der Waals surface area contributed by atoms with E-state index in [9.17, 15) is 4.79 Å². The van der Waals surface area contributed by atoms with Crippen LogP contribution in [0.4, 0.5) is 5.82 Å². The fraction of sp³-hybridized carbons (Fsp3) is 0.417. The minimum absolute atomic E-state index is 0.0879. The second-order valence-corrected chi connectivity index (χ2v) is 4.50. The highest BCUT2D eigenvalue weighted by Crippen LogP contribution is 2.03. The van der Waals surface area contributed by atoms with Crippen molar-refractivity contribution in [3.05, 3.63) is 29.7 Å². The lowest BCUT2D eigenvalue weighted by molar-refractivity contribution is -0.121. The van der Waals surface area contributed by atoms with Gasteiger partial charge in [0.15, 0.2) is 0 Å². The van der Waals surface area contributed by atoms with Crippen LogP contribution in [0.1, 0.15) is 11.3 Å². The van der Waals surface area contributed by atoms with Crippen LogP contribution in [0.2, 0.25) is 0 Å². The van der Waals surface area contributed by atoms with Crippen molar-refractivity contribution in [3.63, 3.8) is 0 Å². The quantitative estimate of drug-likeness (QED) is 0.799. The molecule has 0 saturated carbocycles. The molecule has 2 heterocycles. The number of carbonyl (C=O) groups is 1. The van der Waals surface area contributed by atoms with Gasteiger partial charge in [-0.1, -0.05) is 0 Å². The van der Waals surface area contributed by atoms with Gasteiger partial charge in [0.05, 0.1) is 12.7 Å². The minimum Gasteiger partial charge on any atom is -0.382 e. The number of aryl methyl sites for hydroxylation is 2. The third-order valence-corrected chi connectivity index (χ3v) is 2.72. The molecule has 7 nitrogen and oxygen atoms in total. The van der Waals surface area contributed by atoms with Crippen LogP contribution in [-0.4, -0.2) is 32.0 Å². The zero-order chi connectivity index (χ0) is 13.8. The van der Waals surface area contributed by atoms with Crippen LogP contribution < -0.4 is 11.1 Å². The van der Waals surface area contributed by atoms with E-state index in [-0.39, 0.29) is 12.5 Å². The van der Waals surface area contributed by atoms with Gasteiger partial charge in [0.2, 0.25) is 5.91 Å². The highest BCUT2D eigenvalue weighted by atomic mass is 16.2. The number of rotatable bonds is 5. The maximum atomic E-state index is 11.7. The molecule has 0 radical (unpaired) electrons. The van der Waals surface area contributed by atoms with E-state index in [1.165, 1.54) is 0 Å². The normalized spacial score (nSPS) is 10.6. The van der Waals surface area contributed by atoms with Gasteiger partial charge in [-0.2, -0.15) is 10.2 Å². The van der Waals surface area contributed by atoms with Gasteiger partial charge in [-0.25, -0.2) is 0 Å². The molecule has 19 heavy (non-hydrogen) atoms. The Kier molecular flexibility index (Phi) is 3.84. The predicted octanol–water partition coefficient (Wildman–Crippen LogP) is 0.0950. The third kappa shape index (κ3) is 3.57. The highest BCUT2D eigenvalue weighted by molar-refractivity contribution is 5.75. The molecule has 2 aromatic rings. The number of nitrogens with one attached hydrogen (secondary N) is 1. The van der Waals surface area contributed by atoms with Crippen LogP contribution in [0.15, 0.2) is 18.5 Å². The van der Waals surface area contributed by atoms with Crippen molar-refractivity contribution in [2.24, 2.45) is 0 Å². The van der Waals surface area contributed by atoms with Crippen molar-refractivity contribution in [2.75, 3.05) is 12.3 Å². The first-order chi connectivity index (χ1) is 9.04. The number of nitrogen functional groups attached to an aromatic ring is 1.